The van der Waals surface area contributed by atoms with Gasteiger partial charge in [-0.15, -0.1) is 0 Å². The van der Waals surface area contributed by atoms with Gasteiger partial charge in [0, 0.05) is 17.9 Å². The van der Waals surface area contributed by atoms with E-state index >= 15 is 0 Å². The Bertz CT molecular complexity index is 548. The van der Waals surface area contributed by atoms with E-state index in [1.807, 2.05) is 0 Å². The fourth-order valence-electron chi connectivity index (χ4n) is 7.85. The molecule has 4 fully saturated rings. The SMILES string of the molecule is CCCCN[C@H]1[C@H](O)CC[C@]2(C)[C@H]3CC[C@]4(C)C(=O)CC[C@H]4[C@@H]3CC[C@@H]12. The molecule has 0 heterocycles. The summed E-state index contributed by atoms with van der Waals surface area (Å²) in [5.74, 6) is 3.28. The van der Waals surface area contributed by atoms with Crippen molar-refractivity contribution in [2.75, 3.05) is 6.54 Å². The molecule has 0 radical (unpaired) electrons. The molecule has 0 amide bonds. The minimum Gasteiger partial charge on any atom is -0.391 e. The highest BCUT2D eigenvalue weighted by atomic mass is 16.3. The second-order valence-electron chi connectivity index (χ2n) is 10.4. The summed E-state index contributed by atoms with van der Waals surface area (Å²) in [4.78, 5) is 12.6. The highest BCUT2D eigenvalue weighted by Gasteiger charge is 2.61. The molecule has 148 valence electrons. The summed E-state index contributed by atoms with van der Waals surface area (Å²) in [5.41, 5.74) is 0.330. The van der Waals surface area contributed by atoms with Crippen LogP contribution in [-0.2, 0) is 4.79 Å². The predicted molar refractivity (Wildman–Crippen MR) is 105 cm³/mol. The first-order valence-corrected chi connectivity index (χ1v) is 11.4. The van der Waals surface area contributed by atoms with Gasteiger partial charge in [0.2, 0.25) is 0 Å². The number of ketones is 1. The molecular weight excluding hydrogens is 322 g/mol. The topological polar surface area (TPSA) is 49.3 Å². The molecular formula is C23H39NO2. The van der Waals surface area contributed by atoms with E-state index in [0.717, 1.165) is 44.1 Å². The molecule has 4 saturated carbocycles. The number of unbranched alkanes of at least 4 members (excludes halogenated alkanes) is 1. The summed E-state index contributed by atoms with van der Waals surface area (Å²) in [5, 5.41) is 14.5. The van der Waals surface area contributed by atoms with Crippen molar-refractivity contribution in [2.24, 2.45) is 34.5 Å². The Morgan fingerprint density at radius 3 is 2.62 bits per heavy atom. The number of hydrogen-bond acceptors (Lipinski definition) is 3. The van der Waals surface area contributed by atoms with Gasteiger partial charge in [0.1, 0.15) is 5.78 Å². The third-order valence-electron chi connectivity index (χ3n) is 9.39. The quantitative estimate of drug-likeness (QED) is 0.733. The molecule has 0 unspecified atom stereocenters. The molecule has 4 aliphatic carbocycles. The van der Waals surface area contributed by atoms with Gasteiger partial charge in [-0.1, -0.05) is 27.2 Å². The Morgan fingerprint density at radius 1 is 1.04 bits per heavy atom. The van der Waals surface area contributed by atoms with Gasteiger partial charge in [0.25, 0.3) is 0 Å². The van der Waals surface area contributed by atoms with E-state index < -0.39 is 0 Å². The summed E-state index contributed by atoms with van der Waals surface area (Å²) in [7, 11) is 0. The van der Waals surface area contributed by atoms with Crippen LogP contribution in [0, 0.1) is 34.5 Å². The Hall–Kier alpha value is -0.410. The van der Waals surface area contributed by atoms with Crippen LogP contribution in [-0.4, -0.2) is 29.6 Å². The largest absolute Gasteiger partial charge is 0.391 e. The molecule has 26 heavy (non-hydrogen) atoms. The van der Waals surface area contributed by atoms with Crippen molar-refractivity contribution in [1.29, 1.82) is 0 Å². The number of hydrogen-bond donors (Lipinski definition) is 2. The lowest BCUT2D eigenvalue weighted by molar-refractivity contribution is -0.147. The van der Waals surface area contributed by atoms with E-state index in [2.05, 4.69) is 26.1 Å². The second-order valence-corrected chi connectivity index (χ2v) is 10.4. The Labute approximate surface area is 159 Å². The summed E-state index contributed by atoms with van der Waals surface area (Å²) >= 11 is 0. The normalized spacial score (nSPS) is 50.8. The van der Waals surface area contributed by atoms with E-state index in [4.69, 9.17) is 0 Å². The molecule has 0 bridgehead atoms. The van der Waals surface area contributed by atoms with Crippen LogP contribution in [0.4, 0.5) is 0 Å². The molecule has 0 saturated heterocycles. The summed E-state index contributed by atoms with van der Waals surface area (Å²) in [6.45, 7) is 8.08. The first kappa shape index (κ1) is 18.9. The zero-order valence-corrected chi connectivity index (χ0v) is 17.1. The Balaban J connectivity index is 1.56. The maximum Gasteiger partial charge on any atom is 0.139 e. The van der Waals surface area contributed by atoms with Gasteiger partial charge in [-0.25, -0.2) is 0 Å². The van der Waals surface area contributed by atoms with E-state index in [9.17, 15) is 9.90 Å². The van der Waals surface area contributed by atoms with Crippen molar-refractivity contribution in [3.8, 4) is 0 Å². The molecule has 3 heteroatoms. The van der Waals surface area contributed by atoms with Crippen LogP contribution >= 0.6 is 0 Å². The maximum atomic E-state index is 12.6. The van der Waals surface area contributed by atoms with Crippen LogP contribution < -0.4 is 5.32 Å². The average Bonchev–Trinajstić information content (AvgIpc) is 2.93. The fraction of sp³-hybridized carbons (Fsp3) is 0.957. The highest BCUT2D eigenvalue weighted by Crippen LogP contribution is 2.65. The van der Waals surface area contributed by atoms with E-state index in [0.29, 0.717) is 23.0 Å². The van der Waals surface area contributed by atoms with Crippen molar-refractivity contribution in [3.05, 3.63) is 0 Å². The van der Waals surface area contributed by atoms with Gasteiger partial charge in [0.05, 0.1) is 6.10 Å². The average molecular weight is 362 g/mol. The van der Waals surface area contributed by atoms with Crippen LogP contribution in [0.1, 0.15) is 85.0 Å². The molecule has 0 spiro atoms. The van der Waals surface area contributed by atoms with E-state index in [1.165, 1.54) is 38.5 Å². The van der Waals surface area contributed by atoms with E-state index in [1.54, 1.807) is 0 Å². The molecule has 4 rings (SSSR count). The van der Waals surface area contributed by atoms with Crippen molar-refractivity contribution in [2.45, 2.75) is 97.1 Å². The lowest BCUT2D eigenvalue weighted by atomic mass is 9.44. The second kappa shape index (κ2) is 6.88. The number of aliphatic hydroxyl groups is 1. The molecule has 8 atom stereocenters. The van der Waals surface area contributed by atoms with Crippen LogP contribution in [0.5, 0.6) is 0 Å². The third kappa shape index (κ3) is 2.71. The van der Waals surface area contributed by atoms with Gasteiger partial charge in [0.15, 0.2) is 0 Å². The summed E-state index contributed by atoms with van der Waals surface area (Å²) in [6.07, 6.45) is 11.1. The number of carbonyl (C=O) groups excluding carboxylic acids is 1. The zero-order valence-electron chi connectivity index (χ0n) is 17.1. The lowest BCUT2D eigenvalue weighted by Crippen LogP contribution is -2.61. The van der Waals surface area contributed by atoms with Gasteiger partial charge in [-0.3, -0.25) is 4.79 Å². The highest BCUT2D eigenvalue weighted by molar-refractivity contribution is 5.87. The third-order valence-corrected chi connectivity index (χ3v) is 9.39. The molecule has 0 aromatic rings. The smallest absolute Gasteiger partial charge is 0.139 e. The van der Waals surface area contributed by atoms with Crippen molar-refractivity contribution < 1.29 is 9.90 Å². The summed E-state index contributed by atoms with van der Waals surface area (Å²) < 4.78 is 0. The van der Waals surface area contributed by atoms with Crippen molar-refractivity contribution >= 4 is 5.78 Å². The predicted octanol–water partition coefficient (Wildman–Crippen LogP) is 4.33. The number of nitrogens with one attached hydrogen (secondary N) is 1. The number of rotatable bonds is 4. The van der Waals surface area contributed by atoms with Gasteiger partial charge < -0.3 is 10.4 Å². The molecule has 2 N–H and O–H groups in total. The molecule has 0 aromatic heterocycles. The number of Topliss-reactive ketones (excluding diaryl/α,β-unsaturated/α-hetero) is 1. The number of fused-ring (bicyclic) bond motifs is 5. The summed E-state index contributed by atoms with van der Waals surface area (Å²) in [6, 6.07) is 0.278. The monoisotopic (exact) mass is 361 g/mol. The molecule has 4 aliphatic rings. The van der Waals surface area contributed by atoms with Gasteiger partial charge in [-0.2, -0.15) is 0 Å². The molecule has 3 nitrogen and oxygen atoms in total. The van der Waals surface area contributed by atoms with Crippen molar-refractivity contribution in [1.82, 2.24) is 5.32 Å². The Morgan fingerprint density at radius 2 is 1.85 bits per heavy atom. The molecule has 0 aromatic carbocycles. The van der Waals surface area contributed by atoms with Crippen LogP contribution in [0.3, 0.4) is 0 Å². The van der Waals surface area contributed by atoms with Crippen LogP contribution in [0.15, 0.2) is 0 Å². The first-order valence-electron chi connectivity index (χ1n) is 11.4. The number of carbonyl (C=O) groups is 1. The first-order chi connectivity index (χ1) is 12.4. The van der Waals surface area contributed by atoms with Gasteiger partial charge in [-0.05, 0) is 87.0 Å². The number of aliphatic hydroxyl groups excluding tert-OH is 1. The molecule has 0 aliphatic heterocycles. The van der Waals surface area contributed by atoms with Crippen LogP contribution in [0.2, 0.25) is 0 Å². The minimum absolute atomic E-state index is 0.0165. The van der Waals surface area contributed by atoms with Crippen LogP contribution in [0.25, 0.3) is 0 Å². The lowest BCUT2D eigenvalue weighted by Gasteiger charge is -2.61. The maximum absolute atomic E-state index is 12.6. The Kier molecular flexibility index (Phi) is 5.01. The van der Waals surface area contributed by atoms with Crippen molar-refractivity contribution in [3.63, 3.8) is 0 Å². The van der Waals surface area contributed by atoms with E-state index in [-0.39, 0.29) is 17.6 Å². The minimum atomic E-state index is -0.177. The standard InChI is InChI=1S/C23H39NO2/c1-4-5-14-24-21-18-7-6-15-16-8-9-20(26)23(16,3)12-10-17(15)22(18,2)13-11-19(21)25/h15-19,21,24-25H,4-14H2,1-3H3/t15-,16-,17-,18-,19+,21+,22+,23-/m0/s1. The fourth-order valence-corrected chi connectivity index (χ4v) is 7.85. The van der Waals surface area contributed by atoms with Gasteiger partial charge >= 0.3 is 0 Å². The zero-order chi connectivity index (χ0) is 18.5.